The number of benzene rings is 4. The molecule has 0 spiro atoms. The summed E-state index contributed by atoms with van der Waals surface area (Å²) in [5.74, 6) is -0.224. The van der Waals surface area contributed by atoms with Crippen LogP contribution in [0.4, 0.5) is 18.9 Å². The number of sulfone groups is 1. The Bertz CT molecular complexity index is 2100. The molecular formula is C38H44F3N3O7S3Si. The van der Waals surface area contributed by atoms with Gasteiger partial charge in [0.05, 0.1) is 36.4 Å². The number of carbonyl (C=O) groups excluding carboxylic acids is 1. The summed E-state index contributed by atoms with van der Waals surface area (Å²) >= 11 is 1.31. The van der Waals surface area contributed by atoms with E-state index in [1.807, 2.05) is 54.6 Å². The predicted octanol–water partition coefficient (Wildman–Crippen LogP) is 5.39. The number of morpholine rings is 1. The van der Waals surface area contributed by atoms with Crippen LogP contribution in [0.15, 0.2) is 124 Å². The van der Waals surface area contributed by atoms with Gasteiger partial charge in [0.15, 0.2) is 0 Å². The van der Waals surface area contributed by atoms with E-state index in [0.717, 1.165) is 27.4 Å². The number of nitrogens with zero attached hydrogens (tertiary/aromatic N) is 1. The highest BCUT2D eigenvalue weighted by atomic mass is 32.2. The summed E-state index contributed by atoms with van der Waals surface area (Å²) in [6, 6.07) is 29.9. The van der Waals surface area contributed by atoms with Gasteiger partial charge in [0.1, 0.15) is 4.90 Å². The van der Waals surface area contributed by atoms with Crippen molar-refractivity contribution in [3.05, 3.63) is 109 Å². The minimum absolute atomic E-state index is 0.131. The third-order valence-electron chi connectivity index (χ3n) is 9.31. The van der Waals surface area contributed by atoms with Gasteiger partial charge in [-0.1, -0.05) is 99.6 Å². The number of nitrogens with one attached hydrogen (secondary N) is 1. The lowest BCUT2D eigenvalue weighted by atomic mass is 10.1. The molecule has 0 aliphatic carbocycles. The molecule has 1 aliphatic heterocycles. The van der Waals surface area contributed by atoms with Crippen LogP contribution in [-0.2, 0) is 33.8 Å². The highest BCUT2D eigenvalue weighted by molar-refractivity contribution is 7.99. The van der Waals surface area contributed by atoms with Gasteiger partial charge in [0.2, 0.25) is 15.9 Å². The summed E-state index contributed by atoms with van der Waals surface area (Å²) in [5, 5.41) is 9.77. The Kier molecular flexibility index (Phi) is 13.3. The van der Waals surface area contributed by atoms with Gasteiger partial charge >= 0.3 is 5.51 Å². The SMILES string of the molecule is CC(C)(C)[Si](OCC1COCCN1C(=O)CC(CSc1ccccc1)Nc1ccc(S(N)(=O)=O)cc1S(=O)(=O)C(F)(F)F)(c1ccccc1)c1ccccc1. The predicted molar refractivity (Wildman–Crippen MR) is 210 cm³/mol. The Morgan fingerprint density at radius 2 is 1.49 bits per heavy atom. The largest absolute Gasteiger partial charge is 0.501 e. The van der Waals surface area contributed by atoms with E-state index in [0.29, 0.717) is 6.07 Å². The van der Waals surface area contributed by atoms with Crippen molar-refractivity contribution in [2.24, 2.45) is 5.14 Å². The molecule has 5 rings (SSSR count). The highest BCUT2D eigenvalue weighted by Crippen LogP contribution is 2.38. The molecule has 1 fully saturated rings. The first-order chi connectivity index (χ1) is 25.8. The van der Waals surface area contributed by atoms with Crippen LogP contribution in [0.5, 0.6) is 0 Å². The van der Waals surface area contributed by atoms with Crippen LogP contribution in [0.3, 0.4) is 0 Å². The number of hydrogen-bond donors (Lipinski definition) is 2. The molecule has 0 saturated carbocycles. The minimum atomic E-state index is -6.05. The topological polar surface area (TPSA) is 145 Å². The van der Waals surface area contributed by atoms with Crippen LogP contribution < -0.4 is 20.8 Å². The molecule has 0 aromatic heterocycles. The Morgan fingerprint density at radius 3 is 2.02 bits per heavy atom. The smallest absolute Gasteiger partial charge is 0.405 e. The number of thioether (sulfide) groups is 1. The van der Waals surface area contributed by atoms with Gasteiger partial charge in [-0.2, -0.15) is 13.2 Å². The van der Waals surface area contributed by atoms with Gasteiger partial charge in [-0.3, -0.25) is 4.79 Å². The fourth-order valence-electron chi connectivity index (χ4n) is 6.66. The van der Waals surface area contributed by atoms with Crippen LogP contribution in [0, 0.1) is 0 Å². The third kappa shape index (κ3) is 9.82. The van der Waals surface area contributed by atoms with Crippen molar-refractivity contribution >= 4 is 61.9 Å². The van der Waals surface area contributed by atoms with Gasteiger partial charge in [-0.15, -0.1) is 11.8 Å². The number of amides is 1. The Labute approximate surface area is 325 Å². The van der Waals surface area contributed by atoms with Crippen LogP contribution in [0.1, 0.15) is 27.2 Å². The second kappa shape index (κ2) is 17.2. The molecule has 4 aromatic carbocycles. The van der Waals surface area contributed by atoms with Crippen molar-refractivity contribution in [2.75, 3.05) is 37.4 Å². The Hall–Kier alpha value is -3.71. The summed E-state index contributed by atoms with van der Waals surface area (Å²) in [7, 11) is -13.6. The van der Waals surface area contributed by atoms with E-state index in [-0.39, 0.29) is 49.5 Å². The number of sulfonamides is 1. The summed E-state index contributed by atoms with van der Waals surface area (Å²) in [4.78, 5) is 14.6. The fraction of sp³-hybridized carbons (Fsp3) is 0.342. The maximum atomic E-state index is 14.3. The first kappa shape index (κ1) is 42.4. The third-order valence-corrected chi connectivity index (χ3v) is 17.9. The molecule has 1 saturated heterocycles. The summed E-state index contributed by atoms with van der Waals surface area (Å²) in [6.45, 7) is 7.22. The Morgan fingerprint density at radius 1 is 0.927 bits per heavy atom. The number of halogens is 3. The highest BCUT2D eigenvalue weighted by Gasteiger charge is 2.51. The lowest BCUT2D eigenvalue weighted by Gasteiger charge is -2.45. The molecule has 1 heterocycles. The average molecular weight is 836 g/mol. The van der Waals surface area contributed by atoms with E-state index in [4.69, 9.17) is 14.3 Å². The minimum Gasteiger partial charge on any atom is -0.405 e. The quantitative estimate of drug-likeness (QED) is 0.126. The zero-order chi connectivity index (χ0) is 40.1. The van der Waals surface area contributed by atoms with E-state index in [1.165, 1.54) is 11.8 Å². The normalized spacial score (nSPS) is 16.4. The molecule has 3 N–H and O–H groups in total. The van der Waals surface area contributed by atoms with E-state index in [9.17, 15) is 34.8 Å². The summed E-state index contributed by atoms with van der Waals surface area (Å²) in [5.41, 5.74) is -6.28. The zero-order valence-electron chi connectivity index (χ0n) is 30.5. The first-order valence-electron chi connectivity index (χ1n) is 17.4. The molecule has 2 unspecified atom stereocenters. The summed E-state index contributed by atoms with van der Waals surface area (Å²) < 4.78 is 104. The molecule has 296 valence electrons. The molecule has 0 bridgehead atoms. The van der Waals surface area contributed by atoms with Crippen LogP contribution in [0.25, 0.3) is 0 Å². The number of rotatable bonds is 14. The summed E-state index contributed by atoms with van der Waals surface area (Å²) in [6.07, 6.45) is -0.252. The van der Waals surface area contributed by atoms with Gasteiger partial charge < -0.3 is 19.4 Å². The molecule has 10 nitrogen and oxygen atoms in total. The van der Waals surface area contributed by atoms with Gasteiger partial charge in [-0.05, 0) is 45.7 Å². The number of alkyl halides is 3. The number of nitrogens with two attached hydrogens (primary N) is 1. The molecule has 55 heavy (non-hydrogen) atoms. The molecule has 17 heteroatoms. The van der Waals surface area contributed by atoms with E-state index >= 15 is 0 Å². The Balaban J connectivity index is 1.47. The maximum Gasteiger partial charge on any atom is 0.501 e. The van der Waals surface area contributed by atoms with Gasteiger partial charge in [0.25, 0.3) is 18.2 Å². The monoisotopic (exact) mass is 835 g/mol. The second-order valence-electron chi connectivity index (χ2n) is 14.1. The van der Waals surface area contributed by atoms with Gasteiger partial charge in [-0.25, -0.2) is 22.0 Å². The lowest BCUT2D eigenvalue weighted by Crippen LogP contribution is -2.68. The number of anilines is 1. The standard InChI is InChI=1S/C38H44F3N3O7S3Si/c1-37(2,3)55(32-15-9-5-10-16-32,33-17-11-6-12-18-33)51-26-29-25-50-22-21-44(29)36(45)23-28(27-52-30-13-7-4-8-14-30)43-34-20-19-31(54(42,48)49)24-35(34)53(46,47)38(39,40)41/h4-20,24,28-29,43H,21-23,25-27H2,1-3H3,(H2,42,48,49). The number of hydrogen-bond acceptors (Lipinski definition) is 9. The average Bonchev–Trinajstić information content (AvgIpc) is 3.14. The van der Waals surface area contributed by atoms with E-state index in [2.05, 4.69) is 50.4 Å². The molecule has 0 radical (unpaired) electrons. The molecule has 4 aromatic rings. The molecular weight excluding hydrogens is 792 g/mol. The first-order valence-corrected chi connectivity index (χ1v) is 23.3. The number of ether oxygens (including phenoxy) is 1. The fourth-order valence-corrected chi connectivity index (χ4v) is 13.8. The number of carbonyl (C=O) groups is 1. The molecule has 2 atom stereocenters. The van der Waals surface area contributed by atoms with Gasteiger partial charge in [0, 0.05) is 29.7 Å². The lowest BCUT2D eigenvalue weighted by molar-refractivity contribution is -0.141. The maximum absolute atomic E-state index is 14.3. The number of primary sulfonamides is 1. The van der Waals surface area contributed by atoms with E-state index < -0.39 is 61.2 Å². The van der Waals surface area contributed by atoms with Crippen molar-refractivity contribution < 1.29 is 44.0 Å². The molecule has 1 aliphatic rings. The van der Waals surface area contributed by atoms with Crippen molar-refractivity contribution in [1.29, 1.82) is 0 Å². The zero-order valence-corrected chi connectivity index (χ0v) is 34.0. The van der Waals surface area contributed by atoms with Crippen LogP contribution in [-0.4, -0.2) is 85.7 Å². The van der Waals surface area contributed by atoms with Crippen molar-refractivity contribution in [1.82, 2.24) is 4.90 Å². The van der Waals surface area contributed by atoms with Crippen molar-refractivity contribution in [3.8, 4) is 0 Å². The second-order valence-corrected chi connectivity index (χ2v) is 23.0. The van der Waals surface area contributed by atoms with Crippen LogP contribution in [0.2, 0.25) is 5.04 Å². The van der Waals surface area contributed by atoms with Crippen LogP contribution >= 0.6 is 11.8 Å². The van der Waals surface area contributed by atoms with Crippen molar-refractivity contribution in [2.45, 2.75) is 64.5 Å². The van der Waals surface area contributed by atoms with Crippen molar-refractivity contribution in [3.63, 3.8) is 0 Å². The molecule has 1 amide bonds. The van der Waals surface area contributed by atoms with E-state index in [1.54, 1.807) is 17.0 Å².